The first-order valence-corrected chi connectivity index (χ1v) is 3.43. The molecule has 0 bridgehead atoms. The van der Waals surface area contributed by atoms with Gasteiger partial charge in [-0.05, 0) is 24.3 Å². The van der Waals surface area contributed by atoms with Crippen LogP contribution in [0, 0.1) is 11.3 Å². The third-order valence-corrected chi connectivity index (χ3v) is 2.63. The van der Waals surface area contributed by atoms with Gasteiger partial charge in [-0.1, -0.05) is 20.3 Å². The molecule has 8 heavy (non-hydrogen) atoms. The van der Waals surface area contributed by atoms with Crippen molar-refractivity contribution in [1.29, 1.82) is 0 Å². The first kappa shape index (κ1) is 6.09. The van der Waals surface area contributed by atoms with Crippen LogP contribution in [0.15, 0.2) is 0 Å². The largest absolute Gasteiger partial charge is 0.330 e. The highest BCUT2D eigenvalue weighted by Crippen LogP contribution is 2.53. The molecule has 1 rings (SSSR count). The summed E-state index contributed by atoms with van der Waals surface area (Å²) < 4.78 is 0. The summed E-state index contributed by atoms with van der Waals surface area (Å²) in [6.45, 7) is 5.46. The molecule has 1 aliphatic carbocycles. The van der Waals surface area contributed by atoms with Gasteiger partial charge in [0, 0.05) is 0 Å². The van der Waals surface area contributed by atoms with Gasteiger partial charge in [-0.15, -0.1) is 0 Å². The van der Waals surface area contributed by atoms with Crippen molar-refractivity contribution in [3.05, 3.63) is 0 Å². The molecule has 0 saturated heterocycles. The van der Waals surface area contributed by atoms with Gasteiger partial charge in [0.1, 0.15) is 0 Å². The van der Waals surface area contributed by atoms with Crippen LogP contribution in [0.3, 0.4) is 0 Å². The standard InChI is InChI=1S/C7H15N/c1-3-7(2)4-6(7)5-8/h6H,3-5,8H2,1-2H3. The lowest BCUT2D eigenvalue weighted by molar-refractivity contribution is 0.489. The van der Waals surface area contributed by atoms with Crippen molar-refractivity contribution in [3.8, 4) is 0 Å². The maximum atomic E-state index is 5.48. The van der Waals surface area contributed by atoms with Crippen molar-refractivity contribution in [2.24, 2.45) is 17.1 Å². The molecule has 1 nitrogen and oxygen atoms in total. The van der Waals surface area contributed by atoms with E-state index in [1.165, 1.54) is 12.8 Å². The average Bonchev–Trinajstić information content (AvgIpc) is 2.44. The molecule has 1 aliphatic rings. The number of nitrogens with two attached hydrogens (primary N) is 1. The lowest BCUT2D eigenvalue weighted by Gasteiger charge is -2.03. The predicted molar refractivity (Wildman–Crippen MR) is 35.6 cm³/mol. The Balaban J connectivity index is 2.31. The van der Waals surface area contributed by atoms with Gasteiger partial charge in [0.2, 0.25) is 0 Å². The monoisotopic (exact) mass is 113 g/mol. The molecule has 0 aromatic heterocycles. The van der Waals surface area contributed by atoms with E-state index in [0.29, 0.717) is 5.41 Å². The van der Waals surface area contributed by atoms with Crippen LogP contribution in [0.1, 0.15) is 26.7 Å². The molecular formula is C7H15N. The fourth-order valence-electron chi connectivity index (χ4n) is 1.30. The molecule has 0 spiro atoms. The van der Waals surface area contributed by atoms with E-state index in [4.69, 9.17) is 5.73 Å². The second-order valence-corrected chi connectivity index (χ2v) is 3.14. The molecule has 48 valence electrons. The Morgan fingerprint density at radius 2 is 2.38 bits per heavy atom. The van der Waals surface area contributed by atoms with E-state index in [1.807, 2.05) is 0 Å². The number of rotatable bonds is 2. The first-order chi connectivity index (χ1) is 3.73. The fourth-order valence-corrected chi connectivity index (χ4v) is 1.30. The van der Waals surface area contributed by atoms with Crippen LogP contribution >= 0.6 is 0 Å². The van der Waals surface area contributed by atoms with Crippen LogP contribution in [0.5, 0.6) is 0 Å². The molecule has 0 radical (unpaired) electrons. The molecule has 0 aromatic carbocycles. The smallest absolute Gasteiger partial charge is 0.00435 e. The van der Waals surface area contributed by atoms with E-state index in [2.05, 4.69) is 13.8 Å². The van der Waals surface area contributed by atoms with E-state index in [-0.39, 0.29) is 0 Å². The van der Waals surface area contributed by atoms with Gasteiger partial charge in [-0.3, -0.25) is 0 Å². The Morgan fingerprint density at radius 1 is 1.75 bits per heavy atom. The SMILES string of the molecule is CCC1(C)CC1CN. The van der Waals surface area contributed by atoms with Crippen LogP contribution < -0.4 is 5.73 Å². The molecule has 1 heteroatoms. The Morgan fingerprint density at radius 3 is 2.50 bits per heavy atom. The average molecular weight is 113 g/mol. The normalized spacial score (nSPS) is 44.6. The maximum absolute atomic E-state index is 5.48. The molecule has 1 saturated carbocycles. The van der Waals surface area contributed by atoms with Crippen LogP contribution in [0.4, 0.5) is 0 Å². The van der Waals surface area contributed by atoms with E-state index in [0.717, 1.165) is 12.5 Å². The van der Waals surface area contributed by atoms with Crippen molar-refractivity contribution < 1.29 is 0 Å². The Bertz CT molecular complexity index is 90.4. The van der Waals surface area contributed by atoms with Crippen molar-refractivity contribution in [1.82, 2.24) is 0 Å². The second kappa shape index (κ2) is 1.73. The quantitative estimate of drug-likeness (QED) is 0.575. The predicted octanol–water partition coefficient (Wildman–Crippen LogP) is 1.38. The lowest BCUT2D eigenvalue weighted by Crippen LogP contribution is -2.06. The van der Waals surface area contributed by atoms with Crippen LogP contribution in [0.25, 0.3) is 0 Å². The first-order valence-electron chi connectivity index (χ1n) is 3.43. The lowest BCUT2D eigenvalue weighted by atomic mass is 10.0. The summed E-state index contributed by atoms with van der Waals surface area (Å²) in [5.41, 5.74) is 6.12. The Hall–Kier alpha value is -0.0400. The summed E-state index contributed by atoms with van der Waals surface area (Å²) in [7, 11) is 0. The molecule has 2 N–H and O–H groups in total. The molecule has 0 amide bonds. The van der Waals surface area contributed by atoms with Crippen LogP contribution in [-0.2, 0) is 0 Å². The number of hydrogen-bond acceptors (Lipinski definition) is 1. The van der Waals surface area contributed by atoms with Crippen molar-refractivity contribution >= 4 is 0 Å². The van der Waals surface area contributed by atoms with E-state index < -0.39 is 0 Å². The highest BCUT2D eigenvalue weighted by molar-refractivity contribution is 4.97. The Labute approximate surface area is 51.3 Å². The van der Waals surface area contributed by atoms with E-state index in [9.17, 15) is 0 Å². The minimum Gasteiger partial charge on any atom is -0.330 e. The molecular weight excluding hydrogens is 98.1 g/mol. The number of hydrogen-bond donors (Lipinski definition) is 1. The summed E-state index contributed by atoms with van der Waals surface area (Å²) in [6, 6.07) is 0. The van der Waals surface area contributed by atoms with Crippen molar-refractivity contribution in [2.45, 2.75) is 26.7 Å². The highest BCUT2D eigenvalue weighted by Gasteiger charge is 2.46. The highest BCUT2D eigenvalue weighted by atomic mass is 14.7. The summed E-state index contributed by atoms with van der Waals surface area (Å²) in [4.78, 5) is 0. The van der Waals surface area contributed by atoms with Gasteiger partial charge < -0.3 is 5.73 Å². The van der Waals surface area contributed by atoms with Crippen molar-refractivity contribution in [3.63, 3.8) is 0 Å². The minimum atomic E-state index is 0.634. The van der Waals surface area contributed by atoms with Gasteiger partial charge in [-0.2, -0.15) is 0 Å². The molecule has 2 atom stereocenters. The molecule has 1 fully saturated rings. The van der Waals surface area contributed by atoms with Gasteiger partial charge in [0.25, 0.3) is 0 Å². The zero-order chi connectivity index (χ0) is 6.20. The third kappa shape index (κ3) is 0.752. The molecule has 2 unspecified atom stereocenters. The Kier molecular flexibility index (Phi) is 1.31. The summed E-state index contributed by atoms with van der Waals surface area (Å²) in [5.74, 6) is 0.840. The third-order valence-electron chi connectivity index (χ3n) is 2.63. The summed E-state index contributed by atoms with van der Waals surface area (Å²) in [6.07, 6.45) is 2.66. The molecule has 0 aliphatic heterocycles. The second-order valence-electron chi connectivity index (χ2n) is 3.14. The van der Waals surface area contributed by atoms with E-state index in [1.54, 1.807) is 0 Å². The van der Waals surface area contributed by atoms with Crippen LogP contribution in [-0.4, -0.2) is 6.54 Å². The van der Waals surface area contributed by atoms with E-state index >= 15 is 0 Å². The molecule has 0 heterocycles. The zero-order valence-electron chi connectivity index (χ0n) is 5.78. The maximum Gasteiger partial charge on any atom is -0.00435 e. The van der Waals surface area contributed by atoms with Crippen LogP contribution in [0.2, 0.25) is 0 Å². The molecule has 0 aromatic rings. The van der Waals surface area contributed by atoms with Gasteiger partial charge in [-0.25, -0.2) is 0 Å². The van der Waals surface area contributed by atoms with Crippen molar-refractivity contribution in [2.75, 3.05) is 6.54 Å². The van der Waals surface area contributed by atoms with Gasteiger partial charge in [0.15, 0.2) is 0 Å². The minimum absolute atomic E-state index is 0.634. The zero-order valence-corrected chi connectivity index (χ0v) is 5.78. The summed E-state index contributed by atoms with van der Waals surface area (Å²) >= 11 is 0. The fraction of sp³-hybridized carbons (Fsp3) is 1.00. The summed E-state index contributed by atoms with van der Waals surface area (Å²) in [5, 5.41) is 0. The van der Waals surface area contributed by atoms with Gasteiger partial charge >= 0.3 is 0 Å². The van der Waals surface area contributed by atoms with Gasteiger partial charge in [0.05, 0.1) is 0 Å². The topological polar surface area (TPSA) is 26.0 Å².